The van der Waals surface area contributed by atoms with Crippen molar-refractivity contribution in [1.29, 1.82) is 15.8 Å². The van der Waals surface area contributed by atoms with E-state index in [9.17, 15) is 4.79 Å². The summed E-state index contributed by atoms with van der Waals surface area (Å²) in [4.78, 5) is 11.3. The predicted molar refractivity (Wildman–Crippen MR) is 77.6 cm³/mol. The highest BCUT2D eigenvalue weighted by Gasteiger charge is 2.08. The summed E-state index contributed by atoms with van der Waals surface area (Å²) in [6.07, 6.45) is 0.383. The maximum absolute atomic E-state index is 11.3. The molecule has 0 spiro atoms. The number of nitriles is 3. The van der Waals surface area contributed by atoms with Gasteiger partial charge in [0.2, 0.25) is 5.91 Å². The lowest BCUT2D eigenvalue weighted by Crippen LogP contribution is -2.10. The number of aryl methyl sites for hydroxylation is 1. The molecule has 104 valence electrons. The first-order chi connectivity index (χ1) is 10.0. The summed E-state index contributed by atoms with van der Waals surface area (Å²) in [7, 11) is 0. The second kappa shape index (κ2) is 7.33. The Hall–Kier alpha value is -3.30. The van der Waals surface area contributed by atoms with Gasteiger partial charge in [0, 0.05) is 17.8 Å². The van der Waals surface area contributed by atoms with Crippen LogP contribution in [0.25, 0.3) is 0 Å². The number of nitrogens with one attached hydrogen (secondary N) is 2. The SMILES string of the molecule is CCC(=O)Nc1ccc(NC(C#N)=C(C#N)C#N)c(C)c1. The molecule has 0 unspecified atom stereocenters. The van der Waals surface area contributed by atoms with Crippen LogP contribution in [0.3, 0.4) is 0 Å². The lowest BCUT2D eigenvalue weighted by molar-refractivity contribution is -0.115. The standard InChI is InChI=1S/C15H13N5O/c1-3-15(21)19-12-4-5-13(10(2)6-12)20-14(9-18)11(7-16)8-17/h4-6,20H,3H2,1-2H3,(H,19,21). The van der Waals surface area contributed by atoms with Crippen LogP contribution in [-0.2, 0) is 4.79 Å². The number of carbonyl (C=O) groups excluding carboxylic acids is 1. The summed E-state index contributed by atoms with van der Waals surface area (Å²) < 4.78 is 0. The number of allylic oxidation sites excluding steroid dienone is 2. The van der Waals surface area contributed by atoms with Crippen molar-refractivity contribution in [3.05, 3.63) is 35.0 Å². The molecule has 6 heteroatoms. The van der Waals surface area contributed by atoms with Crippen LogP contribution in [0.1, 0.15) is 18.9 Å². The molecular weight excluding hydrogens is 266 g/mol. The molecule has 0 aliphatic rings. The normalized spacial score (nSPS) is 8.71. The van der Waals surface area contributed by atoms with Crippen molar-refractivity contribution in [2.45, 2.75) is 20.3 Å². The lowest BCUT2D eigenvalue weighted by Gasteiger charge is -2.11. The minimum Gasteiger partial charge on any atom is -0.345 e. The van der Waals surface area contributed by atoms with Crippen molar-refractivity contribution < 1.29 is 4.79 Å². The Labute approximate surface area is 122 Å². The van der Waals surface area contributed by atoms with Gasteiger partial charge in [-0.1, -0.05) is 6.92 Å². The quantitative estimate of drug-likeness (QED) is 0.822. The van der Waals surface area contributed by atoms with Crippen molar-refractivity contribution >= 4 is 17.3 Å². The van der Waals surface area contributed by atoms with Gasteiger partial charge in [0.15, 0.2) is 5.57 Å². The van der Waals surface area contributed by atoms with Crippen LogP contribution < -0.4 is 10.6 Å². The van der Waals surface area contributed by atoms with Gasteiger partial charge in [0.1, 0.15) is 23.9 Å². The van der Waals surface area contributed by atoms with Crippen molar-refractivity contribution in [3.63, 3.8) is 0 Å². The number of anilines is 2. The van der Waals surface area contributed by atoms with Gasteiger partial charge < -0.3 is 10.6 Å². The average molecular weight is 279 g/mol. The van der Waals surface area contributed by atoms with Gasteiger partial charge in [-0.25, -0.2) is 0 Å². The average Bonchev–Trinajstić information content (AvgIpc) is 2.49. The zero-order valence-electron chi connectivity index (χ0n) is 11.7. The van der Waals surface area contributed by atoms with Crippen LogP contribution in [0.15, 0.2) is 29.5 Å². The van der Waals surface area contributed by atoms with Crippen molar-refractivity contribution in [2.75, 3.05) is 10.6 Å². The summed E-state index contributed by atoms with van der Waals surface area (Å²) >= 11 is 0. The van der Waals surface area contributed by atoms with Crippen LogP contribution >= 0.6 is 0 Å². The highest BCUT2D eigenvalue weighted by atomic mass is 16.1. The molecule has 1 aromatic rings. The van der Waals surface area contributed by atoms with Crippen molar-refractivity contribution in [2.24, 2.45) is 0 Å². The number of amides is 1. The third kappa shape index (κ3) is 4.09. The Kier molecular flexibility index (Phi) is 5.50. The van der Waals surface area contributed by atoms with Crippen LogP contribution in [0.2, 0.25) is 0 Å². The largest absolute Gasteiger partial charge is 0.345 e. The van der Waals surface area contributed by atoms with Crippen LogP contribution in [0.4, 0.5) is 11.4 Å². The molecule has 2 N–H and O–H groups in total. The van der Waals surface area contributed by atoms with Gasteiger partial charge in [-0.15, -0.1) is 0 Å². The smallest absolute Gasteiger partial charge is 0.224 e. The number of benzene rings is 1. The number of hydrogen-bond acceptors (Lipinski definition) is 5. The molecule has 0 fully saturated rings. The molecule has 0 aliphatic heterocycles. The van der Waals surface area contributed by atoms with E-state index in [1.165, 1.54) is 0 Å². The van der Waals surface area contributed by atoms with Gasteiger partial charge in [-0.3, -0.25) is 4.79 Å². The minimum atomic E-state index is -0.278. The Bertz CT molecular complexity index is 697. The molecule has 21 heavy (non-hydrogen) atoms. The fourth-order valence-electron chi connectivity index (χ4n) is 1.55. The molecule has 6 nitrogen and oxygen atoms in total. The molecule has 1 aromatic carbocycles. The van der Waals surface area contributed by atoms with E-state index in [1.54, 1.807) is 50.3 Å². The molecule has 0 radical (unpaired) electrons. The third-order valence-corrected chi connectivity index (χ3v) is 2.68. The molecule has 0 saturated carbocycles. The summed E-state index contributed by atoms with van der Waals surface area (Å²) in [5.41, 5.74) is 1.62. The van der Waals surface area contributed by atoms with E-state index in [0.29, 0.717) is 17.8 Å². The molecule has 1 amide bonds. The number of hydrogen-bond donors (Lipinski definition) is 2. The molecular formula is C15H13N5O. The molecule has 0 atom stereocenters. The van der Waals surface area contributed by atoms with Crippen molar-refractivity contribution in [3.8, 4) is 18.2 Å². The first-order valence-corrected chi connectivity index (χ1v) is 6.17. The molecule has 0 aromatic heterocycles. The highest BCUT2D eigenvalue weighted by Crippen LogP contribution is 2.22. The molecule has 0 heterocycles. The fraction of sp³-hybridized carbons (Fsp3) is 0.200. The molecule has 0 aliphatic carbocycles. The van der Waals surface area contributed by atoms with E-state index in [2.05, 4.69) is 10.6 Å². The zero-order chi connectivity index (χ0) is 15.8. The van der Waals surface area contributed by atoms with Gasteiger partial charge in [0.05, 0.1) is 0 Å². The second-order valence-corrected chi connectivity index (χ2v) is 4.14. The third-order valence-electron chi connectivity index (χ3n) is 2.68. The minimum absolute atomic E-state index is 0.0935. The van der Waals surface area contributed by atoms with Crippen molar-refractivity contribution in [1.82, 2.24) is 0 Å². The fourth-order valence-corrected chi connectivity index (χ4v) is 1.55. The van der Waals surface area contributed by atoms with Gasteiger partial charge in [-0.05, 0) is 30.7 Å². The number of carbonyl (C=O) groups is 1. The number of nitrogens with zero attached hydrogens (tertiary/aromatic N) is 3. The molecule has 0 saturated heterocycles. The zero-order valence-corrected chi connectivity index (χ0v) is 11.7. The Morgan fingerprint density at radius 3 is 2.29 bits per heavy atom. The van der Waals surface area contributed by atoms with E-state index in [1.807, 2.05) is 0 Å². The Balaban J connectivity index is 3.05. The Morgan fingerprint density at radius 2 is 1.81 bits per heavy atom. The maximum atomic E-state index is 11.3. The second-order valence-electron chi connectivity index (χ2n) is 4.14. The summed E-state index contributed by atoms with van der Waals surface area (Å²) in [6.45, 7) is 3.55. The van der Waals surface area contributed by atoms with Gasteiger partial charge in [-0.2, -0.15) is 15.8 Å². The predicted octanol–water partition coefficient (Wildman–Crippen LogP) is 2.58. The first kappa shape index (κ1) is 15.8. The number of rotatable bonds is 4. The summed E-state index contributed by atoms with van der Waals surface area (Å²) in [5, 5.41) is 32.0. The first-order valence-electron chi connectivity index (χ1n) is 6.17. The summed E-state index contributed by atoms with van der Waals surface area (Å²) in [5.74, 6) is -0.0935. The summed E-state index contributed by atoms with van der Waals surface area (Å²) in [6, 6.07) is 10.2. The van der Waals surface area contributed by atoms with Crippen LogP contribution in [0, 0.1) is 40.9 Å². The van der Waals surface area contributed by atoms with Gasteiger partial charge in [0.25, 0.3) is 0 Å². The Morgan fingerprint density at radius 1 is 1.14 bits per heavy atom. The van der Waals surface area contributed by atoms with E-state index in [0.717, 1.165) is 5.56 Å². The highest BCUT2D eigenvalue weighted by molar-refractivity contribution is 5.90. The van der Waals surface area contributed by atoms with Crippen LogP contribution in [0.5, 0.6) is 0 Å². The molecule has 1 rings (SSSR count). The lowest BCUT2D eigenvalue weighted by atomic mass is 10.1. The van der Waals surface area contributed by atoms with Crippen LogP contribution in [-0.4, -0.2) is 5.91 Å². The van der Waals surface area contributed by atoms with E-state index < -0.39 is 0 Å². The molecule has 0 bridgehead atoms. The van der Waals surface area contributed by atoms with E-state index in [-0.39, 0.29) is 17.2 Å². The topological polar surface area (TPSA) is 112 Å². The van der Waals surface area contributed by atoms with E-state index >= 15 is 0 Å². The van der Waals surface area contributed by atoms with E-state index in [4.69, 9.17) is 15.8 Å². The van der Waals surface area contributed by atoms with Gasteiger partial charge >= 0.3 is 0 Å². The maximum Gasteiger partial charge on any atom is 0.224 e. The monoisotopic (exact) mass is 279 g/mol.